The second-order valence-corrected chi connectivity index (χ2v) is 3.45. The number of fused-ring (bicyclic) bond motifs is 1. The molecule has 0 atom stereocenters. The third-order valence-corrected chi connectivity index (χ3v) is 2.49. The lowest BCUT2D eigenvalue weighted by molar-refractivity contribution is 0.971. The number of hydrogen-bond donors (Lipinski definition) is 2. The van der Waals surface area contributed by atoms with Gasteiger partial charge in [-0.15, -0.1) is 0 Å². The molecule has 3 N–H and O–H groups in total. The highest BCUT2D eigenvalue weighted by molar-refractivity contribution is 6.32. The molecule has 0 unspecified atom stereocenters. The predicted octanol–water partition coefficient (Wildman–Crippen LogP) is 2.32. The number of nitrogens with one attached hydrogen (secondary N) is 1. The minimum Gasteiger partial charge on any atom is -0.361 e. The van der Waals surface area contributed by atoms with Crippen LogP contribution < -0.4 is 5.73 Å². The summed E-state index contributed by atoms with van der Waals surface area (Å²) in [4.78, 5) is 3.15. The Hall–Kier alpha value is -0.990. The van der Waals surface area contributed by atoms with Gasteiger partial charge in [-0.25, -0.2) is 0 Å². The fourth-order valence-corrected chi connectivity index (χ4v) is 1.73. The number of halogens is 1. The Morgan fingerprint density at radius 1 is 1.38 bits per heavy atom. The van der Waals surface area contributed by atoms with E-state index in [4.69, 9.17) is 17.3 Å². The summed E-state index contributed by atoms with van der Waals surface area (Å²) in [5.41, 5.74) is 7.71. The number of benzene rings is 1. The maximum absolute atomic E-state index is 6.07. The molecular formula is C10H11ClN2. The van der Waals surface area contributed by atoms with Gasteiger partial charge in [0.1, 0.15) is 0 Å². The van der Waals surface area contributed by atoms with Crippen LogP contribution in [0, 0.1) is 0 Å². The number of aromatic amines is 1. The molecule has 0 fully saturated rings. The first-order chi connectivity index (χ1) is 6.31. The Morgan fingerprint density at radius 3 is 3.00 bits per heavy atom. The van der Waals surface area contributed by atoms with Gasteiger partial charge in [0.15, 0.2) is 0 Å². The fraction of sp³-hybridized carbons (Fsp3) is 0.200. The van der Waals surface area contributed by atoms with E-state index in [2.05, 4.69) is 11.1 Å². The Labute approximate surface area is 81.7 Å². The highest BCUT2D eigenvalue weighted by Crippen LogP contribution is 2.23. The van der Waals surface area contributed by atoms with E-state index in [9.17, 15) is 0 Å². The van der Waals surface area contributed by atoms with Crippen molar-refractivity contribution < 1.29 is 0 Å². The van der Waals surface area contributed by atoms with E-state index in [1.165, 1.54) is 0 Å². The highest BCUT2D eigenvalue weighted by Gasteiger charge is 2.02. The van der Waals surface area contributed by atoms with Crippen molar-refractivity contribution in [2.45, 2.75) is 6.42 Å². The Balaban J connectivity index is 2.56. The van der Waals surface area contributed by atoms with Crippen molar-refractivity contribution >= 4 is 22.5 Å². The van der Waals surface area contributed by atoms with Crippen LogP contribution in [0.25, 0.3) is 10.9 Å². The van der Waals surface area contributed by atoms with Crippen molar-refractivity contribution in [3.63, 3.8) is 0 Å². The molecule has 0 aliphatic rings. The van der Waals surface area contributed by atoms with Crippen molar-refractivity contribution in [2.24, 2.45) is 5.73 Å². The van der Waals surface area contributed by atoms with Crippen LogP contribution in [0.1, 0.15) is 5.56 Å². The van der Waals surface area contributed by atoms with Crippen LogP contribution in [-0.4, -0.2) is 11.5 Å². The summed E-state index contributed by atoms with van der Waals surface area (Å²) < 4.78 is 0. The minimum absolute atomic E-state index is 0.631. The van der Waals surface area contributed by atoms with Crippen LogP contribution in [0.4, 0.5) is 0 Å². The van der Waals surface area contributed by atoms with Crippen LogP contribution in [0.5, 0.6) is 0 Å². The average Bonchev–Trinajstić information content (AvgIpc) is 2.52. The predicted molar refractivity (Wildman–Crippen MR) is 56.1 cm³/mol. The quantitative estimate of drug-likeness (QED) is 0.757. The van der Waals surface area contributed by atoms with Gasteiger partial charge in [-0.2, -0.15) is 0 Å². The molecule has 2 rings (SSSR count). The van der Waals surface area contributed by atoms with Crippen molar-refractivity contribution in [1.82, 2.24) is 4.98 Å². The molecule has 0 bridgehead atoms. The first-order valence-electron chi connectivity index (χ1n) is 4.27. The SMILES string of the molecule is NCCc1cc2[nH]ccc2cc1Cl. The molecule has 0 saturated heterocycles. The molecule has 3 heteroatoms. The molecule has 2 nitrogen and oxygen atoms in total. The largest absolute Gasteiger partial charge is 0.361 e. The molecule has 0 radical (unpaired) electrons. The molecule has 1 aromatic heterocycles. The van der Waals surface area contributed by atoms with Gasteiger partial charge in [0.2, 0.25) is 0 Å². The van der Waals surface area contributed by atoms with Crippen molar-refractivity contribution in [3.05, 3.63) is 35.0 Å². The van der Waals surface area contributed by atoms with Crippen LogP contribution in [0.2, 0.25) is 5.02 Å². The minimum atomic E-state index is 0.631. The zero-order valence-corrected chi connectivity index (χ0v) is 7.93. The molecule has 0 aliphatic carbocycles. The van der Waals surface area contributed by atoms with Gasteiger partial charge in [-0.05, 0) is 36.7 Å². The maximum Gasteiger partial charge on any atom is 0.0457 e. The second-order valence-electron chi connectivity index (χ2n) is 3.05. The zero-order chi connectivity index (χ0) is 9.26. The Kier molecular flexibility index (Phi) is 2.25. The van der Waals surface area contributed by atoms with Crippen molar-refractivity contribution in [3.8, 4) is 0 Å². The van der Waals surface area contributed by atoms with E-state index in [-0.39, 0.29) is 0 Å². The Morgan fingerprint density at radius 2 is 2.23 bits per heavy atom. The third-order valence-electron chi connectivity index (χ3n) is 2.13. The molecule has 1 heterocycles. The molecule has 0 amide bonds. The number of rotatable bonds is 2. The molecule has 2 aromatic rings. The van der Waals surface area contributed by atoms with E-state index in [1.54, 1.807) is 0 Å². The van der Waals surface area contributed by atoms with Gasteiger partial charge in [-0.3, -0.25) is 0 Å². The van der Waals surface area contributed by atoms with E-state index in [0.29, 0.717) is 6.54 Å². The van der Waals surface area contributed by atoms with Crippen LogP contribution in [0.15, 0.2) is 24.4 Å². The van der Waals surface area contributed by atoms with Gasteiger partial charge in [0.25, 0.3) is 0 Å². The maximum atomic E-state index is 6.07. The first-order valence-corrected chi connectivity index (χ1v) is 4.64. The number of aromatic nitrogens is 1. The van der Waals surface area contributed by atoms with Gasteiger partial charge in [0, 0.05) is 22.1 Å². The van der Waals surface area contributed by atoms with Crippen LogP contribution in [-0.2, 0) is 6.42 Å². The molecule has 0 spiro atoms. The van der Waals surface area contributed by atoms with Crippen LogP contribution in [0.3, 0.4) is 0 Å². The molecular weight excluding hydrogens is 184 g/mol. The summed E-state index contributed by atoms with van der Waals surface area (Å²) in [7, 11) is 0. The lowest BCUT2D eigenvalue weighted by Crippen LogP contribution is -2.02. The third kappa shape index (κ3) is 1.55. The average molecular weight is 195 g/mol. The molecule has 0 saturated carbocycles. The number of H-pyrrole nitrogens is 1. The normalized spacial score (nSPS) is 10.9. The molecule has 1 aromatic carbocycles. The standard InChI is InChI=1S/C10H11ClN2/c11-9-5-8-2-4-13-10(8)6-7(9)1-3-12/h2,4-6,13H,1,3,12H2. The summed E-state index contributed by atoms with van der Waals surface area (Å²) in [5, 5.41) is 1.95. The Bertz CT molecular complexity index is 420. The smallest absolute Gasteiger partial charge is 0.0457 e. The molecule has 13 heavy (non-hydrogen) atoms. The van der Waals surface area contributed by atoms with Gasteiger partial charge >= 0.3 is 0 Å². The van der Waals surface area contributed by atoms with Crippen molar-refractivity contribution in [1.29, 1.82) is 0 Å². The summed E-state index contributed by atoms with van der Waals surface area (Å²) >= 11 is 6.07. The van der Waals surface area contributed by atoms with E-state index in [0.717, 1.165) is 27.9 Å². The number of nitrogens with two attached hydrogens (primary N) is 1. The van der Waals surface area contributed by atoms with Gasteiger partial charge in [-0.1, -0.05) is 11.6 Å². The first kappa shape index (κ1) is 8.60. The molecule has 68 valence electrons. The van der Waals surface area contributed by atoms with Crippen molar-refractivity contribution in [2.75, 3.05) is 6.54 Å². The lowest BCUT2D eigenvalue weighted by Gasteiger charge is -2.02. The van der Waals surface area contributed by atoms with E-state index >= 15 is 0 Å². The lowest BCUT2D eigenvalue weighted by atomic mass is 10.1. The molecule has 0 aliphatic heterocycles. The fourth-order valence-electron chi connectivity index (χ4n) is 1.46. The summed E-state index contributed by atoms with van der Waals surface area (Å²) in [6.07, 6.45) is 2.74. The van der Waals surface area contributed by atoms with Crippen LogP contribution >= 0.6 is 11.6 Å². The van der Waals surface area contributed by atoms with E-state index < -0.39 is 0 Å². The summed E-state index contributed by atoms with van der Waals surface area (Å²) in [6, 6.07) is 6.04. The van der Waals surface area contributed by atoms with Gasteiger partial charge < -0.3 is 10.7 Å². The summed E-state index contributed by atoms with van der Waals surface area (Å²) in [5.74, 6) is 0. The number of hydrogen-bond acceptors (Lipinski definition) is 1. The van der Waals surface area contributed by atoms with E-state index in [1.807, 2.05) is 18.3 Å². The second kappa shape index (κ2) is 3.40. The highest BCUT2D eigenvalue weighted by atomic mass is 35.5. The summed E-state index contributed by atoms with van der Waals surface area (Å²) in [6.45, 7) is 0.631. The topological polar surface area (TPSA) is 41.8 Å². The monoisotopic (exact) mass is 194 g/mol. The zero-order valence-electron chi connectivity index (χ0n) is 7.18. The van der Waals surface area contributed by atoms with Gasteiger partial charge in [0.05, 0.1) is 0 Å².